The summed E-state index contributed by atoms with van der Waals surface area (Å²) < 4.78 is 28.6. The molecule has 1 aliphatic rings. The number of hydrogen-bond acceptors (Lipinski definition) is 5. The Kier molecular flexibility index (Phi) is 5.56. The molecule has 3 aromatic rings. The molecule has 10 heteroatoms. The zero-order valence-corrected chi connectivity index (χ0v) is 18.5. The molecule has 0 atom stereocenters. The molecule has 0 bridgehead atoms. The van der Waals surface area contributed by atoms with Gasteiger partial charge in [0.1, 0.15) is 4.90 Å². The molecule has 1 fully saturated rings. The predicted molar refractivity (Wildman–Crippen MR) is 117 cm³/mol. The van der Waals surface area contributed by atoms with Crippen molar-refractivity contribution < 1.29 is 13.2 Å². The van der Waals surface area contributed by atoms with E-state index in [0.29, 0.717) is 5.13 Å². The summed E-state index contributed by atoms with van der Waals surface area (Å²) in [4.78, 5) is 17.0. The molecule has 6 nitrogen and oxygen atoms in total. The summed E-state index contributed by atoms with van der Waals surface area (Å²) in [5, 5.41) is 3.14. The maximum atomic E-state index is 12.8. The Morgan fingerprint density at radius 2 is 1.97 bits per heavy atom. The van der Waals surface area contributed by atoms with Gasteiger partial charge < -0.3 is 0 Å². The van der Waals surface area contributed by atoms with Crippen LogP contribution < -0.4 is 10.0 Å². The first-order chi connectivity index (χ1) is 13.8. The zero-order chi connectivity index (χ0) is 20.8. The number of halogens is 2. The van der Waals surface area contributed by atoms with E-state index in [1.54, 1.807) is 0 Å². The fourth-order valence-corrected chi connectivity index (χ4v) is 5.89. The number of aryl methyl sites for hydroxylation is 1. The molecule has 1 heterocycles. The molecule has 0 aliphatic heterocycles. The Morgan fingerprint density at radius 1 is 1.21 bits per heavy atom. The smallest absolute Gasteiger partial charge is 0.259 e. The molecule has 1 amide bonds. The molecule has 0 radical (unpaired) electrons. The van der Waals surface area contributed by atoms with Gasteiger partial charge in [-0.2, -0.15) is 0 Å². The van der Waals surface area contributed by atoms with Crippen molar-refractivity contribution in [2.75, 3.05) is 5.32 Å². The third-order valence-corrected chi connectivity index (χ3v) is 7.77. The van der Waals surface area contributed by atoms with E-state index in [0.717, 1.165) is 29.5 Å². The minimum atomic E-state index is -3.84. The SMILES string of the molecule is CCc1ccc2nc(NC(=O)c3cc(S(=O)(=O)NC4CC4)c(Cl)cc3Cl)sc2c1. The van der Waals surface area contributed by atoms with Crippen LogP contribution in [0.3, 0.4) is 0 Å². The first-order valence-electron chi connectivity index (χ1n) is 8.99. The van der Waals surface area contributed by atoms with E-state index >= 15 is 0 Å². The van der Waals surface area contributed by atoms with Gasteiger partial charge >= 0.3 is 0 Å². The summed E-state index contributed by atoms with van der Waals surface area (Å²) in [6, 6.07) is 8.32. The van der Waals surface area contributed by atoms with E-state index in [9.17, 15) is 13.2 Å². The van der Waals surface area contributed by atoms with Crippen LogP contribution in [0, 0.1) is 0 Å². The third-order valence-electron chi connectivity index (χ3n) is 4.54. The highest BCUT2D eigenvalue weighted by molar-refractivity contribution is 7.89. The molecule has 1 aromatic heterocycles. The first kappa shape index (κ1) is 20.6. The Bertz CT molecular complexity index is 1220. The van der Waals surface area contributed by atoms with Crippen molar-refractivity contribution >= 4 is 65.8 Å². The number of sulfonamides is 1. The number of amides is 1. The highest BCUT2D eigenvalue weighted by Crippen LogP contribution is 2.32. The van der Waals surface area contributed by atoms with Gasteiger partial charge in [-0.3, -0.25) is 10.1 Å². The lowest BCUT2D eigenvalue weighted by atomic mass is 10.2. The second-order valence-corrected chi connectivity index (χ2v) is 10.3. The first-order valence-corrected chi connectivity index (χ1v) is 12.0. The molecule has 2 N–H and O–H groups in total. The summed E-state index contributed by atoms with van der Waals surface area (Å²) in [7, 11) is -3.84. The van der Waals surface area contributed by atoms with Gasteiger partial charge in [-0.05, 0) is 49.1 Å². The number of carbonyl (C=O) groups excluding carboxylic acids is 1. The van der Waals surface area contributed by atoms with Crippen LogP contribution in [0.1, 0.15) is 35.7 Å². The number of aromatic nitrogens is 1. The average molecular weight is 470 g/mol. The van der Waals surface area contributed by atoms with Crippen molar-refractivity contribution in [3.05, 3.63) is 51.5 Å². The largest absolute Gasteiger partial charge is 0.298 e. The number of nitrogens with one attached hydrogen (secondary N) is 2. The number of thiazole rings is 1. The highest BCUT2D eigenvalue weighted by Gasteiger charge is 2.30. The molecule has 0 unspecified atom stereocenters. The van der Waals surface area contributed by atoms with Crippen molar-refractivity contribution in [3.63, 3.8) is 0 Å². The Morgan fingerprint density at radius 3 is 2.66 bits per heavy atom. The molecule has 29 heavy (non-hydrogen) atoms. The highest BCUT2D eigenvalue weighted by atomic mass is 35.5. The molecular weight excluding hydrogens is 453 g/mol. The van der Waals surface area contributed by atoms with Crippen molar-refractivity contribution in [2.45, 2.75) is 37.1 Å². The van der Waals surface area contributed by atoms with Crippen molar-refractivity contribution in [1.82, 2.24) is 9.71 Å². The second-order valence-electron chi connectivity index (χ2n) is 6.79. The van der Waals surface area contributed by atoms with E-state index in [-0.39, 0.29) is 26.5 Å². The Hall–Kier alpha value is -1.71. The van der Waals surface area contributed by atoms with E-state index in [2.05, 4.69) is 21.9 Å². The van der Waals surface area contributed by atoms with Gasteiger partial charge in [-0.25, -0.2) is 18.1 Å². The van der Waals surface area contributed by atoms with Gasteiger partial charge in [0.25, 0.3) is 5.91 Å². The molecule has 1 saturated carbocycles. The number of nitrogens with zero attached hydrogens (tertiary/aromatic N) is 1. The number of hydrogen-bond donors (Lipinski definition) is 2. The number of fused-ring (bicyclic) bond motifs is 1. The van der Waals surface area contributed by atoms with Crippen LogP contribution in [-0.2, 0) is 16.4 Å². The van der Waals surface area contributed by atoms with Gasteiger partial charge in [-0.1, -0.05) is 47.5 Å². The fourth-order valence-electron chi connectivity index (χ4n) is 2.80. The van der Waals surface area contributed by atoms with E-state index in [4.69, 9.17) is 23.2 Å². The fraction of sp³-hybridized carbons (Fsp3) is 0.263. The number of rotatable bonds is 6. The van der Waals surface area contributed by atoms with Gasteiger partial charge in [0.05, 0.1) is 25.8 Å². The molecule has 0 saturated heterocycles. The van der Waals surface area contributed by atoms with Gasteiger partial charge in [-0.15, -0.1) is 0 Å². The summed E-state index contributed by atoms with van der Waals surface area (Å²) in [6.07, 6.45) is 2.48. The number of benzene rings is 2. The van der Waals surface area contributed by atoms with Crippen molar-refractivity contribution in [3.8, 4) is 0 Å². The summed E-state index contributed by atoms with van der Waals surface area (Å²) in [5.74, 6) is -0.552. The van der Waals surface area contributed by atoms with Crippen molar-refractivity contribution in [1.29, 1.82) is 0 Å². The molecule has 2 aromatic carbocycles. The lowest BCUT2D eigenvalue weighted by Gasteiger charge is -2.11. The minimum absolute atomic E-state index is 0.0146. The van der Waals surface area contributed by atoms with Crippen LogP contribution in [-0.4, -0.2) is 25.4 Å². The van der Waals surface area contributed by atoms with E-state index in [1.165, 1.54) is 29.0 Å². The van der Waals surface area contributed by atoms with Crippen molar-refractivity contribution in [2.24, 2.45) is 0 Å². The molecule has 0 spiro atoms. The summed E-state index contributed by atoms with van der Waals surface area (Å²) >= 11 is 13.6. The van der Waals surface area contributed by atoms with Crippen LogP contribution in [0.25, 0.3) is 10.2 Å². The van der Waals surface area contributed by atoms with E-state index in [1.807, 2.05) is 18.2 Å². The topological polar surface area (TPSA) is 88.2 Å². The van der Waals surface area contributed by atoms with Crippen LogP contribution in [0.2, 0.25) is 10.0 Å². The Labute approximate surface area is 182 Å². The van der Waals surface area contributed by atoms with Gasteiger partial charge in [0.15, 0.2) is 5.13 Å². The van der Waals surface area contributed by atoms with Crippen LogP contribution in [0.5, 0.6) is 0 Å². The van der Waals surface area contributed by atoms with Crippen LogP contribution >= 0.6 is 34.5 Å². The van der Waals surface area contributed by atoms with Gasteiger partial charge in [0, 0.05) is 6.04 Å². The summed E-state index contributed by atoms with van der Waals surface area (Å²) in [6.45, 7) is 2.07. The third kappa shape index (κ3) is 4.41. The zero-order valence-electron chi connectivity index (χ0n) is 15.3. The standard InChI is InChI=1S/C19H17Cl2N3O3S2/c1-2-10-3-6-15-16(7-10)28-19(22-15)23-18(25)12-8-17(14(21)9-13(12)20)29(26,27)24-11-4-5-11/h3,6-9,11,24H,2,4-5H2,1H3,(H,22,23,25). The number of anilines is 1. The normalized spacial score (nSPS) is 14.3. The molecule has 152 valence electrons. The van der Waals surface area contributed by atoms with E-state index < -0.39 is 15.9 Å². The lowest BCUT2D eigenvalue weighted by molar-refractivity contribution is 0.102. The van der Waals surface area contributed by atoms with Gasteiger partial charge in [0.2, 0.25) is 10.0 Å². The van der Waals surface area contributed by atoms with Crippen LogP contribution in [0.4, 0.5) is 5.13 Å². The minimum Gasteiger partial charge on any atom is -0.298 e. The average Bonchev–Trinajstić information content (AvgIpc) is 3.36. The molecule has 4 rings (SSSR count). The second kappa shape index (κ2) is 7.85. The molecular formula is C19H17Cl2N3O3S2. The Balaban J connectivity index is 1.63. The predicted octanol–water partition coefficient (Wildman–Crippen LogP) is 4.86. The lowest BCUT2D eigenvalue weighted by Crippen LogP contribution is -2.26. The molecule has 1 aliphatic carbocycles. The monoisotopic (exact) mass is 469 g/mol. The number of carbonyl (C=O) groups is 1. The van der Waals surface area contributed by atoms with Crippen LogP contribution in [0.15, 0.2) is 35.2 Å². The summed E-state index contributed by atoms with van der Waals surface area (Å²) in [5.41, 5.74) is 1.97. The maximum absolute atomic E-state index is 12.8. The quantitative estimate of drug-likeness (QED) is 0.539. The maximum Gasteiger partial charge on any atom is 0.259 e.